The highest BCUT2D eigenvalue weighted by atomic mass is 79.9. The normalized spacial score (nSPS) is 24.2. The van der Waals surface area contributed by atoms with Crippen LogP contribution in [0.5, 0.6) is 5.75 Å². The van der Waals surface area contributed by atoms with Crippen molar-refractivity contribution in [3.63, 3.8) is 0 Å². The lowest BCUT2D eigenvalue weighted by molar-refractivity contribution is 0.0591. The van der Waals surface area contributed by atoms with Crippen LogP contribution in [0.15, 0.2) is 82.5 Å². The number of aliphatic hydroxyl groups is 1. The van der Waals surface area contributed by atoms with Gasteiger partial charge in [0.1, 0.15) is 5.75 Å². The predicted molar refractivity (Wildman–Crippen MR) is 159 cm³/mol. The van der Waals surface area contributed by atoms with Crippen LogP contribution in [0.2, 0.25) is 6.32 Å². The third-order valence-corrected chi connectivity index (χ3v) is 9.04. The highest BCUT2D eigenvalue weighted by Crippen LogP contribution is 2.51. The van der Waals surface area contributed by atoms with Crippen LogP contribution in [0.1, 0.15) is 51.2 Å². The number of phenolic OH excluding ortho intramolecular Hbond substituents is 1. The summed E-state index contributed by atoms with van der Waals surface area (Å²) < 4.78 is 6.89. The monoisotopic (exact) mass is 613 g/mol. The van der Waals surface area contributed by atoms with Gasteiger partial charge in [-0.1, -0.05) is 46.3 Å². The van der Waals surface area contributed by atoms with Crippen LogP contribution in [0.4, 0.5) is 0 Å². The number of benzene rings is 2. The molecule has 4 atom stereocenters. The van der Waals surface area contributed by atoms with E-state index in [1.54, 1.807) is 42.6 Å². The second kappa shape index (κ2) is 11.5. The SMILES string of the molecule is O=C1c2ccccc2C(=O)[C@@H]2CC(CO)=C3[C@@H](CC/C(=C/c4cc(Br)ccc4O)c4ccccn4)OB(O)C[C@@H]3[C@H]12. The summed E-state index contributed by atoms with van der Waals surface area (Å²) in [6.07, 6.45) is 4.44. The molecule has 3 aliphatic rings. The van der Waals surface area contributed by atoms with E-state index in [4.69, 9.17) is 4.65 Å². The molecule has 3 N–H and O–H groups in total. The molecule has 0 unspecified atom stereocenters. The maximum absolute atomic E-state index is 13.8. The van der Waals surface area contributed by atoms with Gasteiger partial charge in [-0.15, -0.1) is 0 Å². The minimum Gasteiger partial charge on any atom is -0.507 e. The molecule has 2 aliphatic carbocycles. The molecule has 1 saturated heterocycles. The number of aromatic hydroxyl groups is 1. The minimum atomic E-state index is -1.11. The van der Waals surface area contributed by atoms with Crippen molar-refractivity contribution in [1.82, 2.24) is 4.98 Å². The first kappa shape index (κ1) is 27.8. The number of hydrogen-bond acceptors (Lipinski definition) is 7. The lowest BCUT2D eigenvalue weighted by atomic mass is 9.54. The molecular weight excluding hydrogens is 585 g/mol. The van der Waals surface area contributed by atoms with Crippen LogP contribution in [0, 0.1) is 17.8 Å². The molecule has 2 heterocycles. The molecule has 0 bridgehead atoms. The third kappa shape index (κ3) is 5.23. The summed E-state index contributed by atoms with van der Waals surface area (Å²) in [5.74, 6) is -1.61. The van der Waals surface area contributed by atoms with Crippen molar-refractivity contribution in [2.45, 2.75) is 31.7 Å². The maximum atomic E-state index is 13.8. The molecule has 208 valence electrons. The highest BCUT2D eigenvalue weighted by molar-refractivity contribution is 9.10. The zero-order chi connectivity index (χ0) is 28.7. The summed E-state index contributed by atoms with van der Waals surface area (Å²) >= 11 is 3.47. The van der Waals surface area contributed by atoms with Crippen LogP contribution in [-0.2, 0) is 4.65 Å². The van der Waals surface area contributed by atoms with Gasteiger partial charge in [0.05, 0.1) is 18.4 Å². The smallest absolute Gasteiger partial charge is 0.455 e. The number of halogens is 1. The molecule has 2 aromatic carbocycles. The second-order valence-corrected chi connectivity index (χ2v) is 11.8. The van der Waals surface area contributed by atoms with Crippen molar-refractivity contribution >= 4 is 46.3 Å². The lowest BCUT2D eigenvalue weighted by Gasteiger charge is -2.47. The zero-order valence-corrected chi connectivity index (χ0v) is 23.8. The molecule has 1 fully saturated rings. The average molecular weight is 614 g/mol. The molecular formula is C32H29BBrNO6. The molecule has 0 saturated carbocycles. The first-order valence-corrected chi connectivity index (χ1v) is 14.6. The number of pyridine rings is 1. The van der Waals surface area contributed by atoms with Gasteiger partial charge in [-0.2, -0.15) is 0 Å². The standard InChI is InChI=1S/C32H29BBrNO6/c34-21-9-10-27(37)19(14-21)13-18(26-7-3-4-12-35-26)8-11-28-29-20(17-36)15-24-30(25(29)16-33(40)41-28)32(39)23-6-2-1-5-22(23)31(24)38/h1-7,9-10,12-14,24-25,28,30,36-37,40H,8,11,15-17H2/b18-13-/t24-,25+,28-,30-/m1/s1. The molecule has 41 heavy (non-hydrogen) atoms. The number of ketones is 2. The Balaban J connectivity index is 1.35. The zero-order valence-electron chi connectivity index (χ0n) is 22.2. The third-order valence-electron chi connectivity index (χ3n) is 8.54. The van der Waals surface area contributed by atoms with Crippen molar-refractivity contribution in [3.05, 3.63) is 105 Å². The number of carbonyl (C=O) groups excluding carboxylic acids is 2. The molecule has 0 radical (unpaired) electrons. The van der Waals surface area contributed by atoms with E-state index in [0.29, 0.717) is 35.1 Å². The Morgan fingerprint density at radius 2 is 1.80 bits per heavy atom. The second-order valence-electron chi connectivity index (χ2n) is 10.9. The van der Waals surface area contributed by atoms with Gasteiger partial charge in [-0.3, -0.25) is 14.6 Å². The Bertz CT molecular complexity index is 1570. The van der Waals surface area contributed by atoms with Gasteiger partial charge in [0.2, 0.25) is 0 Å². The van der Waals surface area contributed by atoms with E-state index in [2.05, 4.69) is 20.9 Å². The average Bonchev–Trinajstić information content (AvgIpc) is 2.99. The number of aliphatic hydroxyl groups excluding tert-OH is 1. The number of rotatable bonds is 6. The molecule has 0 amide bonds. The van der Waals surface area contributed by atoms with Crippen molar-refractivity contribution in [2.75, 3.05) is 6.61 Å². The summed E-state index contributed by atoms with van der Waals surface area (Å²) in [5, 5.41) is 31.8. The van der Waals surface area contributed by atoms with Gasteiger partial charge in [-0.25, -0.2) is 0 Å². The van der Waals surface area contributed by atoms with Crippen LogP contribution >= 0.6 is 15.9 Å². The van der Waals surface area contributed by atoms with Crippen molar-refractivity contribution in [1.29, 1.82) is 0 Å². The summed E-state index contributed by atoms with van der Waals surface area (Å²) in [6, 6.07) is 17.7. The van der Waals surface area contributed by atoms with Crippen LogP contribution in [-0.4, -0.2) is 51.6 Å². The quantitative estimate of drug-likeness (QED) is 0.253. The molecule has 3 aromatic rings. The Hall–Kier alpha value is -3.37. The van der Waals surface area contributed by atoms with E-state index in [9.17, 15) is 24.8 Å². The molecule has 1 aromatic heterocycles. The lowest BCUT2D eigenvalue weighted by Crippen LogP contribution is -2.51. The molecule has 0 spiro atoms. The summed E-state index contributed by atoms with van der Waals surface area (Å²) in [7, 11) is -1.11. The van der Waals surface area contributed by atoms with E-state index in [0.717, 1.165) is 21.3 Å². The largest absolute Gasteiger partial charge is 0.507 e. The summed E-state index contributed by atoms with van der Waals surface area (Å²) in [4.78, 5) is 31.8. The fourth-order valence-electron chi connectivity index (χ4n) is 6.76. The molecule has 6 rings (SSSR count). The maximum Gasteiger partial charge on any atom is 0.455 e. The van der Waals surface area contributed by atoms with Crippen LogP contribution < -0.4 is 0 Å². The topological polar surface area (TPSA) is 117 Å². The number of aromatic nitrogens is 1. The fourth-order valence-corrected chi connectivity index (χ4v) is 7.14. The first-order chi connectivity index (χ1) is 19.9. The van der Waals surface area contributed by atoms with E-state index in [1.807, 2.05) is 30.3 Å². The summed E-state index contributed by atoms with van der Waals surface area (Å²) in [6.45, 7) is -0.247. The van der Waals surface area contributed by atoms with Crippen molar-refractivity contribution in [3.8, 4) is 5.75 Å². The van der Waals surface area contributed by atoms with Crippen molar-refractivity contribution in [2.24, 2.45) is 17.8 Å². The minimum absolute atomic E-state index is 0.0815. The van der Waals surface area contributed by atoms with Gasteiger partial charge in [0, 0.05) is 39.2 Å². The first-order valence-electron chi connectivity index (χ1n) is 13.8. The number of hydrogen-bond donors (Lipinski definition) is 3. The van der Waals surface area contributed by atoms with E-state index < -0.39 is 31.0 Å². The van der Waals surface area contributed by atoms with Gasteiger partial charge in [0.25, 0.3) is 0 Å². The van der Waals surface area contributed by atoms with Gasteiger partial charge < -0.3 is 19.9 Å². The van der Waals surface area contributed by atoms with Gasteiger partial charge in [-0.05, 0) is 84.6 Å². The summed E-state index contributed by atoms with van der Waals surface area (Å²) in [5.41, 5.74) is 4.62. The number of carbonyl (C=O) groups is 2. The van der Waals surface area contributed by atoms with Crippen LogP contribution in [0.3, 0.4) is 0 Å². The number of nitrogens with zero attached hydrogens (tertiary/aromatic N) is 1. The number of phenols is 1. The Morgan fingerprint density at radius 3 is 2.54 bits per heavy atom. The number of allylic oxidation sites excluding steroid dienone is 1. The molecule has 9 heteroatoms. The van der Waals surface area contributed by atoms with E-state index >= 15 is 0 Å². The van der Waals surface area contributed by atoms with Gasteiger partial charge in [0.15, 0.2) is 11.6 Å². The predicted octanol–water partition coefficient (Wildman–Crippen LogP) is 5.37. The van der Waals surface area contributed by atoms with Crippen LogP contribution in [0.25, 0.3) is 11.6 Å². The van der Waals surface area contributed by atoms with Crippen molar-refractivity contribution < 1.29 is 29.5 Å². The highest BCUT2D eigenvalue weighted by Gasteiger charge is 2.53. The Kier molecular flexibility index (Phi) is 7.79. The Labute approximate surface area is 246 Å². The fraction of sp³-hybridized carbons (Fsp3) is 0.281. The molecule has 7 nitrogen and oxygen atoms in total. The van der Waals surface area contributed by atoms with Gasteiger partial charge >= 0.3 is 7.12 Å². The Morgan fingerprint density at radius 1 is 1.05 bits per heavy atom. The molecule has 1 aliphatic heterocycles. The van der Waals surface area contributed by atoms with E-state index in [-0.39, 0.29) is 36.7 Å². The number of Topliss-reactive ketones (excluding diaryl/α,β-unsaturated/α-hetero) is 2. The van der Waals surface area contributed by atoms with E-state index in [1.165, 1.54) is 0 Å². The number of fused-ring (bicyclic) bond motifs is 4.